The normalized spacial score (nSPS) is 23.4. The highest BCUT2D eigenvalue weighted by Crippen LogP contribution is 2.35. The number of aromatic nitrogens is 2. The SMILES string of the molecule is NCCCOc1cccc(CNc2nc3ccccc3n2[C@@H]2O[C@H](CO)[C@@H](O)[C@H]2O)c1. The maximum atomic E-state index is 10.6. The molecule has 4 rings (SSSR count). The Morgan fingerprint density at radius 2 is 1.97 bits per heavy atom. The molecule has 4 atom stereocenters. The summed E-state index contributed by atoms with van der Waals surface area (Å²) in [4.78, 5) is 4.64. The van der Waals surface area contributed by atoms with Gasteiger partial charge in [0.15, 0.2) is 6.23 Å². The van der Waals surface area contributed by atoms with Gasteiger partial charge in [-0.2, -0.15) is 0 Å². The summed E-state index contributed by atoms with van der Waals surface area (Å²) < 4.78 is 13.2. The smallest absolute Gasteiger partial charge is 0.206 e. The minimum absolute atomic E-state index is 0.388. The Morgan fingerprint density at radius 3 is 2.74 bits per heavy atom. The standard InChI is InChI=1S/C22H28N4O5/c23-9-4-10-30-15-6-3-5-14(11-15)12-24-22-25-16-7-1-2-8-17(16)26(22)21-20(29)19(28)18(13-27)31-21/h1-3,5-8,11,18-21,27-29H,4,9-10,12-13,23H2,(H,24,25)/t18-,19-,20-,21-/m1/s1. The lowest BCUT2D eigenvalue weighted by molar-refractivity contribution is -0.0499. The number of hydrogen-bond donors (Lipinski definition) is 5. The van der Waals surface area contributed by atoms with Crippen LogP contribution in [0.4, 0.5) is 5.95 Å². The summed E-state index contributed by atoms with van der Waals surface area (Å²) in [6, 6.07) is 15.2. The van der Waals surface area contributed by atoms with E-state index in [1.54, 1.807) is 4.57 Å². The Balaban J connectivity index is 1.57. The van der Waals surface area contributed by atoms with Crippen LogP contribution in [0.3, 0.4) is 0 Å². The van der Waals surface area contributed by atoms with Gasteiger partial charge in [0.1, 0.15) is 24.1 Å². The molecule has 31 heavy (non-hydrogen) atoms. The number of anilines is 1. The van der Waals surface area contributed by atoms with E-state index in [4.69, 9.17) is 15.2 Å². The molecule has 3 aromatic rings. The van der Waals surface area contributed by atoms with Gasteiger partial charge in [0.05, 0.1) is 24.2 Å². The van der Waals surface area contributed by atoms with Crippen LogP contribution >= 0.6 is 0 Å². The Morgan fingerprint density at radius 1 is 1.13 bits per heavy atom. The van der Waals surface area contributed by atoms with Crippen LogP contribution in [-0.2, 0) is 11.3 Å². The number of nitrogens with zero attached hydrogens (tertiary/aromatic N) is 2. The molecule has 0 unspecified atom stereocenters. The third-order valence-corrected chi connectivity index (χ3v) is 5.33. The van der Waals surface area contributed by atoms with E-state index in [1.165, 1.54) is 0 Å². The van der Waals surface area contributed by atoms with Crippen LogP contribution in [0, 0.1) is 0 Å². The van der Waals surface area contributed by atoms with Gasteiger partial charge >= 0.3 is 0 Å². The summed E-state index contributed by atoms with van der Waals surface area (Å²) in [5.41, 5.74) is 7.97. The number of imidazole rings is 1. The quantitative estimate of drug-likeness (QED) is 0.319. The molecule has 1 aromatic heterocycles. The minimum atomic E-state index is -1.20. The first-order valence-electron chi connectivity index (χ1n) is 10.4. The Hall–Kier alpha value is -2.69. The number of rotatable bonds is 9. The molecule has 0 radical (unpaired) electrons. The fraction of sp³-hybridized carbons (Fsp3) is 0.409. The second kappa shape index (κ2) is 9.63. The average Bonchev–Trinajstić information content (AvgIpc) is 3.29. The molecule has 0 aliphatic carbocycles. The number of aliphatic hydroxyl groups is 3. The zero-order valence-electron chi connectivity index (χ0n) is 17.1. The van der Waals surface area contributed by atoms with E-state index < -0.39 is 24.5 Å². The van der Waals surface area contributed by atoms with Crippen molar-refractivity contribution in [3.8, 4) is 5.75 Å². The molecule has 0 saturated carbocycles. The zero-order valence-corrected chi connectivity index (χ0v) is 17.1. The van der Waals surface area contributed by atoms with Gasteiger partial charge in [-0.3, -0.25) is 4.57 Å². The van der Waals surface area contributed by atoms with Crippen LogP contribution in [0.25, 0.3) is 11.0 Å². The van der Waals surface area contributed by atoms with E-state index in [0.29, 0.717) is 25.6 Å². The third-order valence-electron chi connectivity index (χ3n) is 5.33. The fourth-order valence-electron chi connectivity index (χ4n) is 3.72. The number of aliphatic hydroxyl groups excluding tert-OH is 3. The molecular weight excluding hydrogens is 400 g/mol. The first-order valence-corrected chi connectivity index (χ1v) is 10.4. The molecule has 9 heteroatoms. The molecule has 0 bridgehead atoms. The summed E-state index contributed by atoms with van der Waals surface area (Å²) in [6.07, 6.45) is -3.35. The van der Waals surface area contributed by atoms with E-state index in [1.807, 2.05) is 48.5 Å². The molecule has 1 fully saturated rings. The maximum absolute atomic E-state index is 10.6. The van der Waals surface area contributed by atoms with E-state index in [9.17, 15) is 15.3 Å². The summed E-state index contributed by atoms with van der Waals surface area (Å²) in [7, 11) is 0. The van der Waals surface area contributed by atoms with Crippen molar-refractivity contribution in [1.29, 1.82) is 0 Å². The second-order valence-electron chi connectivity index (χ2n) is 7.51. The number of ether oxygens (including phenoxy) is 2. The highest BCUT2D eigenvalue weighted by Gasteiger charge is 2.44. The third kappa shape index (κ3) is 4.51. The van der Waals surface area contributed by atoms with Crippen molar-refractivity contribution < 1.29 is 24.8 Å². The Kier molecular flexibility index (Phi) is 6.69. The van der Waals surface area contributed by atoms with E-state index >= 15 is 0 Å². The van der Waals surface area contributed by atoms with Crippen LogP contribution in [0.15, 0.2) is 48.5 Å². The van der Waals surface area contributed by atoms with Crippen LogP contribution in [0.5, 0.6) is 5.75 Å². The lowest BCUT2D eigenvalue weighted by atomic mass is 10.1. The van der Waals surface area contributed by atoms with E-state index in [-0.39, 0.29) is 6.61 Å². The Labute approximate surface area is 180 Å². The molecule has 0 amide bonds. The summed E-state index contributed by atoms with van der Waals surface area (Å²) >= 11 is 0. The molecular formula is C22H28N4O5. The summed E-state index contributed by atoms with van der Waals surface area (Å²) in [5.74, 6) is 1.26. The first kappa shape index (κ1) is 21.5. The van der Waals surface area contributed by atoms with Crippen molar-refractivity contribution in [3.05, 3.63) is 54.1 Å². The highest BCUT2D eigenvalue weighted by atomic mass is 16.6. The number of fused-ring (bicyclic) bond motifs is 1. The van der Waals surface area contributed by atoms with Crippen molar-refractivity contribution in [2.45, 2.75) is 37.5 Å². The molecule has 166 valence electrons. The van der Waals surface area contributed by atoms with Gasteiger partial charge in [-0.05, 0) is 42.8 Å². The predicted molar refractivity (Wildman–Crippen MR) is 116 cm³/mol. The number of hydrogen-bond acceptors (Lipinski definition) is 8. The molecule has 1 aliphatic rings. The molecule has 0 spiro atoms. The first-order chi connectivity index (χ1) is 15.1. The molecule has 2 heterocycles. The van der Waals surface area contributed by atoms with E-state index in [0.717, 1.165) is 28.8 Å². The molecule has 1 saturated heterocycles. The zero-order chi connectivity index (χ0) is 21.8. The second-order valence-corrected chi connectivity index (χ2v) is 7.51. The summed E-state index contributed by atoms with van der Waals surface area (Å²) in [6.45, 7) is 1.22. The number of nitrogens with one attached hydrogen (secondary N) is 1. The van der Waals surface area contributed by atoms with Gasteiger partial charge in [-0.15, -0.1) is 0 Å². The maximum Gasteiger partial charge on any atom is 0.206 e. The average molecular weight is 428 g/mol. The van der Waals surface area contributed by atoms with Gasteiger partial charge < -0.3 is 35.8 Å². The van der Waals surface area contributed by atoms with Crippen LogP contribution in [-0.4, -0.2) is 62.9 Å². The van der Waals surface area contributed by atoms with Crippen molar-refractivity contribution in [1.82, 2.24) is 9.55 Å². The van der Waals surface area contributed by atoms with Crippen molar-refractivity contribution >= 4 is 17.0 Å². The number of para-hydroxylation sites is 2. The monoisotopic (exact) mass is 428 g/mol. The van der Waals surface area contributed by atoms with Crippen LogP contribution < -0.4 is 15.8 Å². The topological polar surface area (TPSA) is 135 Å². The van der Waals surface area contributed by atoms with E-state index in [2.05, 4.69) is 10.3 Å². The van der Waals surface area contributed by atoms with Crippen molar-refractivity contribution in [3.63, 3.8) is 0 Å². The van der Waals surface area contributed by atoms with Gasteiger partial charge in [0, 0.05) is 6.54 Å². The highest BCUT2D eigenvalue weighted by molar-refractivity contribution is 5.78. The van der Waals surface area contributed by atoms with Crippen molar-refractivity contribution in [2.24, 2.45) is 5.73 Å². The largest absolute Gasteiger partial charge is 0.494 e. The summed E-state index contributed by atoms with van der Waals surface area (Å²) in [5, 5.41) is 33.5. The van der Waals surface area contributed by atoms with Gasteiger partial charge in [0.25, 0.3) is 0 Å². The van der Waals surface area contributed by atoms with Gasteiger partial charge in [-0.25, -0.2) is 4.98 Å². The van der Waals surface area contributed by atoms with Crippen molar-refractivity contribution in [2.75, 3.05) is 25.1 Å². The van der Waals surface area contributed by atoms with Gasteiger partial charge in [0.2, 0.25) is 5.95 Å². The molecule has 9 nitrogen and oxygen atoms in total. The lowest BCUT2D eigenvalue weighted by Crippen LogP contribution is -2.33. The predicted octanol–water partition coefficient (Wildman–Crippen LogP) is 0.987. The van der Waals surface area contributed by atoms with Gasteiger partial charge in [-0.1, -0.05) is 24.3 Å². The lowest BCUT2D eigenvalue weighted by Gasteiger charge is -2.20. The molecule has 6 N–H and O–H groups in total. The van der Waals surface area contributed by atoms with Crippen LogP contribution in [0.2, 0.25) is 0 Å². The number of benzene rings is 2. The fourth-order valence-corrected chi connectivity index (χ4v) is 3.72. The number of nitrogens with two attached hydrogens (primary N) is 1. The minimum Gasteiger partial charge on any atom is -0.494 e. The van der Waals surface area contributed by atoms with Crippen LogP contribution in [0.1, 0.15) is 18.2 Å². The molecule has 1 aliphatic heterocycles. The Bertz CT molecular complexity index is 1010. The molecule has 2 aromatic carbocycles.